The Balaban J connectivity index is 2.09. The van der Waals surface area contributed by atoms with Crippen LogP contribution in [0.5, 0.6) is 0 Å². The molecule has 0 atom stereocenters. The molecule has 0 saturated heterocycles. The van der Waals surface area contributed by atoms with E-state index >= 15 is 0 Å². The van der Waals surface area contributed by atoms with Crippen LogP contribution in [0.25, 0.3) is 10.8 Å². The topological polar surface area (TPSA) is 37.8 Å². The van der Waals surface area contributed by atoms with Crippen LogP contribution in [0, 0.1) is 13.8 Å². The smallest absolute Gasteiger partial charge is 0.161 e. The van der Waals surface area contributed by atoms with Crippen LogP contribution in [-0.4, -0.2) is 10.2 Å². The number of fused-ring (bicyclic) bond motifs is 1. The van der Waals surface area contributed by atoms with Crippen LogP contribution >= 0.6 is 11.6 Å². The van der Waals surface area contributed by atoms with Gasteiger partial charge in [-0.25, -0.2) is 0 Å². The van der Waals surface area contributed by atoms with Crippen LogP contribution < -0.4 is 5.32 Å². The lowest BCUT2D eigenvalue weighted by molar-refractivity contribution is 1.05. The van der Waals surface area contributed by atoms with E-state index in [9.17, 15) is 0 Å². The zero-order valence-corrected chi connectivity index (χ0v) is 12.1. The highest BCUT2D eigenvalue weighted by Crippen LogP contribution is 2.28. The molecule has 0 aliphatic rings. The number of rotatable bonds is 2. The number of aromatic nitrogens is 2. The number of hydrogen-bond acceptors (Lipinski definition) is 3. The summed E-state index contributed by atoms with van der Waals surface area (Å²) >= 11 is 6.08. The third kappa shape index (κ3) is 2.45. The van der Waals surface area contributed by atoms with Gasteiger partial charge in [0, 0.05) is 16.5 Å². The van der Waals surface area contributed by atoms with E-state index in [0.717, 1.165) is 22.3 Å². The largest absolute Gasteiger partial charge is 0.338 e. The molecule has 0 aliphatic heterocycles. The second-order valence-corrected chi connectivity index (χ2v) is 5.24. The Morgan fingerprint density at radius 1 is 0.900 bits per heavy atom. The number of aryl methyl sites for hydroxylation is 2. The van der Waals surface area contributed by atoms with Gasteiger partial charge in [0.1, 0.15) is 0 Å². The van der Waals surface area contributed by atoms with Crippen LogP contribution in [0.2, 0.25) is 5.15 Å². The molecule has 3 aromatic rings. The van der Waals surface area contributed by atoms with Crippen LogP contribution in [0.1, 0.15) is 11.1 Å². The van der Waals surface area contributed by atoms with Gasteiger partial charge in [0.15, 0.2) is 11.0 Å². The van der Waals surface area contributed by atoms with Crippen molar-refractivity contribution in [2.75, 3.05) is 5.32 Å². The average Bonchev–Trinajstić information content (AvgIpc) is 2.41. The first-order valence-electron chi connectivity index (χ1n) is 6.40. The maximum Gasteiger partial charge on any atom is 0.161 e. The van der Waals surface area contributed by atoms with E-state index in [1.165, 1.54) is 11.1 Å². The molecule has 0 saturated carbocycles. The molecule has 100 valence electrons. The maximum absolute atomic E-state index is 6.08. The SMILES string of the molecule is Cc1cc(C)cc(Nc2nnc(Cl)c3ccccc23)c1. The Morgan fingerprint density at radius 3 is 2.25 bits per heavy atom. The second-order valence-electron chi connectivity index (χ2n) is 4.89. The van der Waals surface area contributed by atoms with Crippen molar-refractivity contribution in [3.8, 4) is 0 Å². The molecule has 4 heteroatoms. The van der Waals surface area contributed by atoms with Gasteiger partial charge in [-0.2, -0.15) is 0 Å². The fourth-order valence-corrected chi connectivity index (χ4v) is 2.55. The maximum atomic E-state index is 6.08. The van der Waals surface area contributed by atoms with Crippen molar-refractivity contribution in [3.05, 3.63) is 58.7 Å². The van der Waals surface area contributed by atoms with E-state index in [2.05, 4.69) is 47.6 Å². The first kappa shape index (κ1) is 12.9. The minimum absolute atomic E-state index is 0.423. The number of hydrogen-bond donors (Lipinski definition) is 1. The second kappa shape index (κ2) is 5.10. The molecule has 1 aromatic heterocycles. The van der Waals surface area contributed by atoms with Crippen molar-refractivity contribution < 1.29 is 0 Å². The van der Waals surface area contributed by atoms with Gasteiger partial charge in [0.25, 0.3) is 0 Å². The first-order valence-corrected chi connectivity index (χ1v) is 6.77. The first-order chi connectivity index (χ1) is 9.63. The molecule has 0 unspecified atom stereocenters. The third-order valence-corrected chi connectivity index (χ3v) is 3.41. The Morgan fingerprint density at radius 2 is 1.55 bits per heavy atom. The summed E-state index contributed by atoms with van der Waals surface area (Å²) in [6.45, 7) is 4.15. The predicted molar refractivity (Wildman–Crippen MR) is 83.7 cm³/mol. The monoisotopic (exact) mass is 283 g/mol. The summed E-state index contributed by atoms with van der Waals surface area (Å²) in [6.07, 6.45) is 0. The number of halogens is 1. The van der Waals surface area contributed by atoms with E-state index in [4.69, 9.17) is 11.6 Å². The molecule has 0 spiro atoms. The van der Waals surface area contributed by atoms with Crippen molar-refractivity contribution >= 4 is 33.9 Å². The number of nitrogens with zero attached hydrogens (tertiary/aromatic N) is 2. The van der Waals surface area contributed by atoms with E-state index < -0.39 is 0 Å². The molecular formula is C16H14ClN3. The van der Waals surface area contributed by atoms with Gasteiger partial charge < -0.3 is 5.32 Å². The van der Waals surface area contributed by atoms with Gasteiger partial charge in [0.2, 0.25) is 0 Å². The van der Waals surface area contributed by atoms with E-state index in [1.54, 1.807) is 0 Å². The molecule has 1 heterocycles. The zero-order chi connectivity index (χ0) is 14.1. The Labute approximate surface area is 122 Å². The number of nitrogens with one attached hydrogen (secondary N) is 1. The summed E-state index contributed by atoms with van der Waals surface area (Å²) in [7, 11) is 0. The Hall–Kier alpha value is -2.13. The molecule has 2 aromatic carbocycles. The fraction of sp³-hybridized carbons (Fsp3) is 0.125. The van der Waals surface area contributed by atoms with Gasteiger partial charge in [-0.15, -0.1) is 10.2 Å². The van der Waals surface area contributed by atoms with Crippen molar-refractivity contribution in [2.45, 2.75) is 13.8 Å². The summed E-state index contributed by atoms with van der Waals surface area (Å²) < 4.78 is 0. The normalized spacial score (nSPS) is 10.8. The molecule has 3 rings (SSSR count). The molecule has 20 heavy (non-hydrogen) atoms. The van der Waals surface area contributed by atoms with Crippen LogP contribution in [-0.2, 0) is 0 Å². The molecule has 0 amide bonds. The van der Waals surface area contributed by atoms with Crippen molar-refractivity contribution in [1.82, 2.24) is 10.2 Å². The highest BCUT2D eigenvalue weighted by atomic mass is 35.5. The van der Waals surface area contributed by atoms with Crippen molar-refractivity contribution in [2.24, 2.45) is 0 Å². The lowest BCUT2D eigenvalue weighted by Gasteiger charge is -2.10. The van der Waals surface area contributed by atoms with Crippen molar-refractivity contribution in [1.29, 1.82) is 0 Å². The Kier molecular flexibility index (Phi) is 3.28. The van der Waals surface area contributed by atoms with Crippen molar-refractivity contribution in [3.63, 3.8) is 0 Å². The van der Waals surface area contributed by atoms with Crippen LogP contribution in [0.3, 0.4) is 0 Å². The molecule has 0 radical (unpaired) electrons. The van der Waals surface area contributed by atoms with Gasteiger partial charge in [-0.05, 0) is 37.1 Å². The minimum atomic E-state index is 0.423. The summed E-state index contributed by atoms with van der Waals surface area (Å²) in [5.41, 5.74) is 3.42. The van der Waals surface area contributed by atoms with E-state index in [0.29, 0.717) is 5.15 Å². The highest BCUT2D eigenvalue weighted by molar-refractivity contribution is 6.34. The summed E-state index contributed by atoms with van der Waals surface area (Å²) in [5.74, 6) is 0.718. The van der Waals surface area contributed by atoms with Gasteiger partial charge in [-0.1, -0.05) is 41.9 Å². The fourth-order valence-electron chi connectivity index (χ4n) is 2.35. The third-order valence-electron chi connectivity index (χ3n) is 3.13. The molecule has 1 N–H and O–H groups in total. The molecule has 0 aliphatic carbocycles. The number of anilines is 2. The average molecular weight is 284 g/mol. The van der Waals surface area contributed by atoms with Gasteiger partial charge in [-0.3, -0.25) is 0 Å². The predicted octanol–water partition coefficient (Wildman–Crippen LogP) is 4.64. The summed E-state index contributed by atoms with van der Waals surface area (Å²) in [6, 6.07) is 14.1. The molecule has 0 fully saturated rings. The van der Waals surface area contributed by atoms with Gasteiger partial charge in [0.05, 0.1) is 0 Å². The Bertz CT molecular complexity index is 764. The van der Waals surface area contributed by atoms with Gasteiger partial charge >= 0.3 is 0 Å². The molecule has 0 bridgehead atoms. The molecule has 3 nitrogen and oxygen atoms in total. The van der Waals surface area contributed by atoms with Crippen LogP contribution in [0.4, 0.5) is 11.5 Å². The lowest BCUT2D eigenvalue weighted by atomic mass is 10.1. The summed E-state index contributed by atoms with van der Waals surface area (Å²) in [4.78, 5) is 0. The minimum Gasteiger partial charge on any atom is -0.338 e. The quantitative estimate of drug-likeness (QED) is 0.744. The van der Waals surface area contributed by atoms with E-state index in [1.807, 2.05) is 24.3 Å². The van der Waals surface area contributed by atoms with E-state index in [-0.39, 0.29) is 0 Å². The van der Waals surface area contributed by atoms with Crippen LogP contribution in [0.15, 0.2) is 42.5 Å². The molecular weight excluding hydrogens is 270 g/mol. The summed E-state index contributed by atoms with van der Waals surface area (Å²) in [5, 5.41) is 13.8. The highest BCUT2D eigenvalue weighted by Gasteiger charge is 2.07. The number of benzene rings is 2. The standard InChI is InChI=1S/C16H14ClN3/c1-10-7-11(2)9-12(8-10)18-16-14-6-4-3-5-13(14)15(17)19-20-16/h3-9H,1-2H3,(H,18,20). The lowest BCUT2D eigenvalue weighted by Crippen LogP contribution is -1.98. The zero-order valence-electron chi connectivity index (χ0n) is 11.3.